The van der Waals surface area contributed by atoms with Crippen LogP contribution in [0.3, 0.4) is 0 Å². The zero-order valence-electron chi connectivity index (χ0n) is 12.6. The van der Waals surface area contributed by atoms with Crippen molar-refractivity contribution in [3.05, 3.63) is 29.3 Å². The lowest BCUT2D eigenvalue weighted by molar-refractivity contribution is -0.143. The van der Waals surface area contributed by atoms with Crippen molar-refractivity contribution in [3.8, 4) is 5.75 Å². The molecule has 0 amide bonds. The number of halogens is 1. The third-order valence-corrected chi connectivity index (χ3v) is 3.34. The van der Waals surface area contributed by atoms with Crippen LogP contribution in [-0.4, -0.2) is 30.2 Å². The lowest BCUT2D eigenvalue weighted by Crippen LogP contribution is -2.08. The summed E-state index contributed by atoms with van der Waals surface area (Å²) in [7, 11) is 0. The SMILES string of the molecule is CCOC(=O)CCC(O)c1ccc(OCCCCl)cc1C. The quantitative estimate of drug-likeness (QED) is 0.431. The van der Waals surface area contributed by atoms with Gasteiger partial charge in [-0.05, 0) is 49.9 Å². The number of aliphatic hydroxyl groups excluding tert-OH is 1. The van der Waals surface area contributed by atoms with Gasteiger partial charge in [0.1, 0.15) is 5.75 Å². The first-order chi connectivity index (χ1) is 10.1. The van der Waals surface area contributed by atoms with E-state index in [0.717, 1.165) is 23.3 Å². The third kappa shape index (κ3) is 6.36. The van der Waals surface area contributed by atoms with E-state index in [1.807, 2.05) is 25.1 Å². The van der Waals surface area contributed by atoms with Gasteiger partial charge in [-0.15, -0.1) is 11.6 Å². The third-order valence-electron chi connectivity index (χ3n) is 3.07. The van der Waals surface area contributed by atoms with Gasteiger partial charge >= 0.3 is 5.97 Å². The van der Waals surface area contributed by atoms with Gasteiger partial charge < -0.3 is 14.6 Å². The molecule has 118 valence electrons. The van der Waals surface area contributed by atoms with E-state index in [9.17, 15) is 9.90 Å². The van der Waals surface area contributed by atoms with Gasteiger partial charge in [-0.25, -0.2) is 0 Å². The number of aliphatic hydroxyl groups is 1. The molecular formula is C16H23ClO4. The molecule has 0 aliphatic heterocycles. The van der Waals surface area contributed by atoms with Gasteiger partial charge in [0.15, 0.2) is 0 Å². The Morgan fingerprint density at radius 1 is 1.43 bits per heavy atom. The predicted molar refractivity (Wildman–Crippen MR) is 82.8 cm³/mol. The standard InChI is InChI=1S/C16H23ClO4/c1-3-20-16(19)8-7-15(18)14-6-5-13(11-12(14)2)21-10-4-9-17/h5-6,11,15,18H,3-4,7-10H2,1-2H3. The van der Waals surface area contributed by atoms with E-state index < -0.39 is 6.10 Å². The van der Waals surface area contributed by atoms with E-state index in [1.165, 1.54) is 0 Å². The molecule has 0 aromatic heterocycles. The minimum atomic E-state index is -0.675. The normalized spacial score (nSPS) is 12.0. The number of carbonyl (C=O) groups excluding carboxylic acids is 1. The summed E-state index contributed by atoms with van der Waals surface area (Å²) in [5.74, 6) is 1.05. The van der Waals surface area contributed by atoms with Crippen molar-refractivity contribution in [3.63, 3.8) is 0 Å². The van der Waals surface area contributed by atoms with E-state index in [1.54, 1.807) is 6.92 Å². The Hall–Kier alpha value is -1.26. The Bertz CT molecular complexity index is 448. The fourth-order valence-corrected chi connectivity index (χ4v) is 2.11. The Morgan fingerprint density at radius 2 is 2.19 bits per heavy atom. The molecule has 21 heavy (non-hydrogen) atoms. The average molecular weight is 315 g/mol. The number of alkyl halides is 1. The largest absolute Gasteiger partial charge is 0.494 e. The van der Waals surface area contributed by atoms with Gasteiger partial charge in [0.2, 0.25) is 0 Å². The lowest BCUT2D eigenvalue weighted by Gasteiger charge is -2.15. The van der Waals surface area contributed by atoms with E-state index in [-0.39, 0.29) is 12.4 Å². The maximum Gasteiger partial charge on any atom is 0.305 e. The maximum absolute atomic E-state index is 11.3. The van der Waals surface area contributed by atoms with E-state index in [4.69, 9.17) is 21.1 Å². The monoisotopic (exact) mass is 314 g/mol. The van der Waals surface area contributed by atoms with Crippen LogP contribution < -0.4 is 4.74 Å². The molecule has 0 bridgehead atoms. The summed E-state index contributed by atoms with van der Waals surface area (Å²) in [5.41, 5.74) is 1.75. The highest BCUT2D eigenvalue weighted by Gasteiger charge is 2.13. The topological polar surface area (TPSA) is 55.8 Å². The summed E-state index contributed by atoms with van der Waals surface area (Å²) >= 11 is 5.60. The van der Waals surface area contributed by atoms with Crippen molar-refractivity contribution in [2.45, 2.75) is 39.2 Å². The maximum atomic E-state index is 11.3. The number of carbonyl (C=O) groups is 1. The minimum absolute atomic E-state index is 0.211. The second-order valence-electron chi connectivity index (χ2n) is 4.77. The minimum Gasteiger partial charge on any atom is -0.494 e. The Kier molecular flexibility index (Phi) is 8.16. The lowest BCUT2D eigenvalue weighted by atomic mass is 10.00. The fourth-order valence-electron chi connectivity index (χ4n) is 2.00. The summed E-state index contributed by atoms with van der Waals surface area (Å²) < 4.78 is 10.4. The molecule has 5 heteroatoms. The Labute approximate surface area is 131 Å². The molecule has 1 rings (SSSR count). The second kappa shape index (κ2) is 9.64. The van der Waals surface area contributed by atoms with Crippen LogP contribution in [0.5, 0.6) is 5.75 Å². The van der Waals surface area contributed by atoms with Gasteiger partial charge in [0.05, 0.1) is 19.3 Å². The van der Waals surface area contributed by atoms with Crippen LogP contribution in [0.25, 0.3) is 0 Å². The van der Waals surface area contributed by atoms with Crippen molar-refractivity contribution in [1.29, 1.82) is 0 Å². The van der Waals surface area contributed by atoms with Gasteiger partial charge in [0.25, 0.3) is 0 Å². The van der Waals surface area contributed by atoms with Gasteiger partial charge in [-0.1, -0.05) is 6.07 Å². The number of aryl methyl sites for hydroxylation is 1. The van der Waals surface area contributed by atoms with Gasteiger partial charge in [-0.2, -0.15) is 0 Å². The number of hydrogen-bond donors (Lipinski definition) is 1. The zero-order chi connectivity index (χ0) is 15.7. The van der Waals surface area contributed by atoms with Crippen molar-refractivity contribution in [2.75, 3.05) is 19.1 Å². The predicted octanol–water partition coefficient (Wildman–Crippen LogP) is 3.38. The molecule has 0 fully saturated rings. The number of ether oxygens (including phenoxy) is 2. The fraction of sp³-hybridized carbons (Fsp3) is 0.562. The highest BCUT2D eigenvalue weighted by Crippen LogP contribution is 2.25. The summed E-state index contributed by atoms with van der Waals surface area (Å²) in [6.45, 7) is 4.62. The number of esters is 1. The first-order valence-electron chi connectivity index (χ1n) is 7.21. The number of hydrogen-bond acceptors (Lipinski definition) is 4. The molecule has 4 nitrogen and oxygen atoms in total. The molecule has 1 atom stereocenters. The average Bonchev–Trinajstić information content (AvgIpc) is 2.45. The molecule has 0 spiro atoms. The summed E-state index contributed by atoms with van der Waals surface area (Å²) in [6.07, 6.45) is 0.685. The molecular weight excluding hydrogens is 292 g/mol. The Balaban J connectivity index is 2.56. The first-order valence-corrected chi connectivity index (χ1v) is 7.75. The van der Waals surface area contributed by atoms with Gasteiger partial charge in [0, 0.05) is 12.3 Å². The molecule has 0 radical (unpaired) electrons. The van der Waals surface area contributed by atoms with Crippen LogP contribution in [0.4, 0.5) is 0 Å². The second-order valence-corrected chi connectivity index (χ2v) is 5.15. The molecule has 0 saturated heterocycles. The molecule has 0 aliphatic rings. The molecule has 1 aromatic carbocycles. The highest BCUT2D eigenvalue weighted by molar-refractivity contribution is 6.17. The van der Waals surface area contributed by atoms with Crippen molar-refractivity contribution in [1.82, 2.24) is 0 Å². The zero-order valence-corrected chi connectivity index (χ0v) is 13.4. The van der Waals surface area contributed by atoms with E-state index >= 15 is 0 Å². The number of rotatable bonds is 9. The van der Waals surface area contributed by atoms with Crippen LogP contribution in [0, 0.1) is 6.92 Å². The molecule has 0 saturated carbocycles. The molecule has 0 aliphatic carbocycles. The Morgan fingerprint density at radius 3 is 2.81 bits per heavy atom. The smallest absolute Gasteiger partial charge is 0.305 e. The van der Waals surface area contributed by atoms with Crippen molar-refractivity contribution < 1.29 is 19.4 Å². The summed E-state index contributed by atoms with van der Waals surface area (Å²) in [4.78, 5) is 11.3. The van der Waals surface area contributed by atoms with Crippen LogP contribution in [0.15, 0.2) is 18.2 Å². The molecule has 0 heterocycles. The van der Waals surface area contributed by atoms with Crippen LogP contribution >= 0.6 is 11.6 Å². The molecule has 1 aromatic rings. The van der Waals surface area contributed by atoms with Crippen molar-refractivity contribution >= 4 is 17.6 Å². The van der Waals surface area contributed by atoms with Crippen LogP contribution in [-0.2, 0) is 9.53 Å². The molecule has 1 unspecified atom stereocenters. The highest BCUT2D eigenvalue weighted by atomic mass is 35.5. The van der Waals surface area contributed by atoms with Crippen LogP contribution in [0.1, 0.15) is 43.4 Å². The van der Waals surface area contributed by atoms with E-state index in [2.05, 4.69) is 0 Å². The van der Waals surface area contributed by atoms with Crippen LogP contribution in [0.2, 0.25) is 0 Å². The molecule has 1 N–H and O–H groups in total. The van der Waals surface area contributed by atoms with Gasteiger partial charge in [-0.3, -0.25) is 4.79 Å². The first kappa shape index (κ1) is 17.8. The van der Waals surface area contributed by atoms with E-state index in [0.29, 0.717) is 25.5 Å². The van der Waals surface area contributed by atoms with Crippen molar-refractivity contribution in [2.24, 2.45) is 0 Å². The summed E-state index contributed by atoms with van der Waals surface area (Å²) in [5, 5.41) is 10.2. The summed E-state index contributed by atoms with van der Waals surface area (Å²) in [6, 6.07) is 5.54. The number of benzene rings is 1.